The average molecular weight is 250 g/mol. The molecule has 0 radical (unpaired) electrons. The molecule has 0 aliphatic carbocycles. The van der Waals surface area contributed by atoms with Crippen molar-refractivity contribution in [3.05, 3.63) is 29.6 Å². The van der Waals surface area contributed by atoms with Gasteiger partial charge in [-0.3, -0.25) is 4.79 Å². The fourth-order valence-corrected chi connectivity index (χ4v) is 2.44. The first-order chi connectivity index (χ1) is 8.59. The quantitative estimate of drug-likeness (QED) is 0.779. The lowest BCUT2D eigenvalue weighted by Gasteiger charge is -2.27. The Bertz CT molecular complexity index is 447. The van der Waals surface area contributed by atoms with E-state index in [-0.39, 0.29) is 17.5 Å². The molecule has 3 nitrogen and oxygen atoms in total. The molecular formula is C14H19FN2O. The summed E-state index contributed by atoms with van der Waals surface area (Å²) >= 11 is 0. The summed E-state index contributed by atoms with van der Waals surface area (Å²) in [6.07, 6.45) is 4.23. The first-order valence-corrected chi connectivity index (χ1v) is 6.45. The van der Waals surface area contributed by atoms with Crippen molar-refractivity contribution in [1.82, 2.24) is 4.90 Å². The van der Waals surface area contributed by atoms with Crippen molar-refractivity contribution in [2.45, 2.75) is 38.6 Å². The Morgan fingerprint density at radius 2 is 2.17 bits per heavy atom. The number of anilines is 1. The van der Waals surface area contributed by atoms with Gasteiger partial charge in [0.2, 0.25) is 0 Å². The third-order valence-corrected chi connectivity index (χ3v) is 3.53. The van der Waals surface area contributed by atoms with Gasteiger partial charge in [-0.2, -0.15) is 0 Å². The zero-order valence-corrected chi connectivity index (χ0v) is 10.7. The lowest BCUT2D eigenvalue weighted by Crippen LogP contribution is -2.38. The molecule has 0 bridgehead atoms. The van der Waals surface area contributed by atoms with Crippen molar-refractivity contribution in [2.24, 2.45) is 0 Å². The van der Waals surface area contributed by atoms with E-state index in [9.17, 15) is 9.18 Å². The molecule has 1 aliphatic rings. The molecule has 1 unspecified atom stereocenters. The highest BCUT2D eigenvalue weighted by molar-refractivity contribution is 5.95. The van der Waals surface area contributed by atoms with E-state index in [2.05, 4.69) is 0 Å². The van der Waals surface area contributed by atoms with E-state index >= 15 is 0 Å². The van der Waals surface area contributed by atoms with Crippen LogP contribution in [0.4, 0.5) is 10.1 Å². The summed E-state index contributed by atoms with van der Waals surface area (Å²) in [5.41, 5.74) is 6.13. The maximum absolute atomic E-state index is 13.7. The first kappa shape index (κ1) is 12.9. The maximum Gasteiger partial charge on any atom is 0.257 e. The second-order valence-electron chi connectivity index (χ2n) is 4.94. The van der Waals surface area contributed by atoms with E-state index in [4.69, 9.17) is 5.73 Å². The standard InChI is InChI=1S/C14H19FN2O/c1-10-5-3-2-4-8-17(10)14(18)12-9-11(16)6-7-13(12)15/h6-7,9-10H,2-5,8,16H2,1H3. The molecule has 18 heavy (non-hydrogen) atoms. The van der Waals surface area contributed by atoms with Gasteiger partial charge in [-0.25, -0.2) is 4.39 Å². The van der Waals surface area contributed by atoms with Gasteiger partial charge in [-0.15, -0.1) is 0 Å². The smallest absolute Gasteiger partial charge is 0.257 e. The van der Waals surface area contributed by atoms with E-state index in [1.165, 1.54) is 18.2 Å². The number of nitrogens with two attached hydrogens (primary N) is 1. The molecule has 1 atom stereocenters. The highest BCUT2D eigenvalue weighted by atomic mass is 19.1. The van der Waals surface area contributed by atoms with Crippen LogP contribution in [0.2, 0.25) is 0 Å². The van der Waals surface area contributed by atoms with Crippen LogP contribution in [0.25, 0.3) is 0 Å². The number of carbonyl (C=O) groups is 1. The molecule has 2 rings (SSSR count). The van der Waals surface area contributed by atoms with Crippen molar-refractivity contribution in [3.63, 3.8) is 0 Å². The fourth-order valence-electron chi connectivity index (χ4n) is 2.44. The van der Waals surface area contributed by atoms with Crippen LogP contribution < -0.4 is 5.73 Å². The van der Waals surface area contributed by atoms with Gasteiger partial charge in [0.15, 0.2) is 0 Å². The molecule has 0 spiro atoms. The Labute approximate surface area is 107 Å². The molecule has 98 valence electrons. The van der Waals surface area contributed by atoms with E-state index in [1.807, 2.05) is 6.92 Å². The van der Waals surface area contributed by atoms with Crippen LogP contribution in [0.15, 0.2) is 18.2 Å². The largest absolute Gasteiger partial charge is 0.399 e. The molecule has 1 fully saturated rings. The molecule has 1 aliphatic heterocycles. The number of likely N-dealkylation sites (tertiary alicyclic amines) is 1. The monoisotopic (exact) mass is 250 g/mol. The highest BCUT2D eigenvalue weighted by Gasteiger charge is 2.25. The molecule has 2 N–H and O–H groups in total. The summed E-state index contributed by atoms with van der Waals surface area (Å²) in [5, 5.41) is 0. The predicted molar refractivity (Wildman–Crippen MR) is 69.8 cm³/mol. The summed E-state index contributed by atoms with van der Waals surface area (Å²) in [7, 11) is 0. The van der Waals surface area contributed by atoms with Crippen molar-refractivity contribution < 1.29 is 9.18 Å². The van der Waals surface area contributed by atoms with E-state index in [0.717, 1.165) is 25.7 Å². The summed E-state index contributed by atoms with van der Waals surface area (Å²) in [5.74, 6) is -0.736. The minimum absolute atomic E-state index is 0.0868. The van der Waals surface area contributed by atoms with Gasteiger partial charge in [0.25, 0.3) is 5.91 Å². The predicted octanol–water partition coefficient (Wildman–Crippen LogP) is 2.81. The Hall–Kier alpha value is -1.58. The number of nitrogen functional groups attached to an aromatic ring is 1. The van der Waals surface area contributed by atoms with E-state index in [0.29, 0.717) is 12.2 Å². The second-order valence-corrected chi connectivity index (χ2v) is 4.94. The molecule has 0 saturated carbocycles. The first-order valence-electron chi connectivity index (χ1n) is 6.45. The number of rotatable bonds is 1. The Morgan fingerprint density at radius 1 is 1.39 bits per heavy atom. The molecule has 1 aromatic rings. The Morgan fingerprint density at radius 3 is 2.94 bits per heavy atom. The number of carbonyl (C=O) groups excluding carboxylic acids is 1. The van der Waals surface area contributed by atoms with E-state index < -0.39 is 5.82 Å². The third kappa shape index (κ3) is 2.63. The molecule has 0 aromatic heterocycles. The van der Waals surface area contributed by atoms with Crippen LogP contribution >= 0.6 is 0 Å². The zero-order chi connectivity index (χ0) is 13.1. The summed E-state index contributed by atoms with van der Waals surface area (Å²) < 4.78 is 13.7. The molecule has 4 heteroatoms. The van der Waals surface area contributed by atoms with Crippen LogP contribution in [0, 0.1) is 5.82 Å². The van der Waals surface area contributed by atoms with Crippen LogP contribution in [-0.4, -0.2) is 23.4 Å². The van der Waals surface area contributed by atoms with Crippen LogP contribution in [0.1, 0.15) is 43.0 Å². The van der Waals surface area contributed by atoms with Crippen molar-refractivity contribution in [2.75, 3.05) is 12.3 Å². The Kier molecular flexibility index (Phi) is 3.84. The van der Waals surface area contributed by atoms with Crippen molar-refractivity contribution in [1.29, 1.82) is 0 Å². The molecule has 1 amide bonds. The maximum atomic E-state index is 13.7. The van der Waals surface area contributed by atoms with Gasteiger partial charge in [0, 0.05) is 18.3 Å². The van der Waals surface area contributed by atoms with Crippen LogP contribution in [0.3, 0.4) is 0 Å². The minimum atomic E-state index is -0.495. The summed E-state index contributed by atoms with van der Waals surface area (Å²) in [6, 6.07) is 4.32. The van der Waals surface area contributed by atoms with Gasteiger partial charge in [-0.1, -0.05) is 12.8 Å². The molecule has 1 aromatic carbocycles. The number of hydrogen-bond acceptors (Lipinski definition) is 2. The van der Waals surface area contributed by atoms with Gasteiger partial charge in [0.05, 0.1) is 5.56 Å². The molecule has 1 heterocycles. The topological polar surface area (TPSA) is 46.3 Å². The number of hydrogen-bond donors (Lipinski definition) is 1. The summed E-state index contributed by atoms with van der Waals surface area (Å²) in [4.78, 5) is 14.1. The zero-order valence-electron chi connectivity index (χ0n) is 10.7. The SMILES string of the molecule is CC1CCCCCN1C(=O)c1cc(N)ccc1F. The van der Waals surface area contributed by atoms with Gasteiger partial charge >= 0.3 is 0 Å². The van der Waals surface area contributed by atoms with Crippen molar-refractivity contribution >= 4 is 11.6 Å². The number of halogens is 1. The highest BCUT2D eigenvalue weighted by Crippen LogP contribution is 2.21. The van der Waals surface area contributed by atoms with Gasteiger partial charge in [-0.05, 0) is 38.0 Å². The lowest BCUT2D eigenvalue weighted by atomic mass is 10.1. The number of nitrogens with zero attached hydrogens (tertiary/aromatic N) is 1. The second kappa shape index (κ2) is 5.38. The van der Waals surface area contributed by atoms with Crippen molar-refractivity contribution in [3.8, 4) is 0 Å². The van der Waals surface area contributed by atoms with Crippen LogP contribution in [-0.2, 0) is 0 Å². The molecular weight excluding hydrogens is 231 g/mol. The number of amides is 1. The lowest BCUT2D eigenvalue weighted by molar-refractivity contribution is 0.0693. The van der Waals surface area contributed by atoms with Gasteiger partial charge < -0.3 is 10.6 Å². The van der Waals surface area contributed by atoms with E-state index in [1.54, 1.807) is 4.90 Å². The molecule has 1 saturated heterocycles. The Balaban J connectivity index is 2.26. The third-order valence-electron chi connectivity index (χ3n) is 3.53. The average Bonchev–Trinajstić information content (AvgIpc) is 2.56. The number of benzene rings is 1. The summed E-state index contributed by atoms with van der Waals surface area (Å²) in [6.45, 7) is 2.72. The van der Waals surface area contributed by atoms with Gasteiger partial charge in [0.1, 0.15) is 5.82 Å². The minimum Gasteiger partial charge on any atom is -0.399 e. The fraction of sp³-hybridized carbons (Fsp3) is 0.500. The van der Waals surface area contributed by atoms with Crippen LogP contribution in [0.5, 0.6) is 0 Å². The normalized spacial score (nSPS) is 20.6.